The van der Waals surface area contributed by atoms with Gasteiger partial charge in [0.15, 0.2) is 11.6 Å². The molecule has 2 aromatic carbocycles. The second-order valence-electron chi connectivity index (χ2n) is 5.18. The Hall–Kier alpha value is -2.86. The number of halogens is 2. The van der Waals surface area contributed by atoms with Crippen LogP contribution >= 0.6 is 11.6 Å². The van der Waals surface area contributed by atoms with Gasteiger partial charge < -0.3 is 16.4 Å². The molecule has 0 atom stereocenters. The summed E-state index contributed by atoms with van der Waals surface area (Å²) in [6.45, 7) is 1.92. The third-order valence-electron chi connectivity index (χ3n) is 3.45. The first kappa shape index (κ1) is 16.0. The average molecular weight is 344 g/mol. The van der Waals surface area contributed by atoms with E-state index < -0.39 is 5.82 Å². The molecule has 0 aliphatic carbocycles. The molecular weight excluding hydrogens is 329 g/mol. The number of para-hydroxylation sites is 1. The molecular formula is C17H15ClFN5. The van der Waals surface area contributed by atoms with E-state index in [0.717, 1.165) is 11.3 Å². The molecule has 4 N–H and O–H groups in total. The standard InChI is InChI=1S/C17H15ClFN5/c1-10-6-7-11(8-12(10)18)23-16-15(20)17(22-9-21-16)24-14-5-3-2-4-13(14)19/h2-9H,20H2,1H3,(H2,21,22,23,24). The van der Waals surface area contributed by atoms with Gasteiger partial charge in [-0.15, -0.1) is 0 Å². The summed E-state index contributed by atoms with van der Waals surface area (Å²) in [6.07, 6.45) is 1.34. The van der Waals surface area contributed by atoms with E-state index >= 15 is 0 Å². The fourth-order valence-corrected chi connectivity index (χ4v) is 2.27. The van der Waals surface area contributed by atoms with Crippen LogP contribution in [-0.2, 0) is 0 Å². The fraction of sp³-hybridized carbons (Fsp3) is 0.0588. The molecule has 1 aromatic heterocycles. The smallest absolute Gasteiger partial charge is 0.159 e. The van der Waals surface area contributed by atoms with E-state index in [-0.39, 0.29) is 11.4 Å². The van der Waals surface area contributed by atoms with E-state index in [1.165, 1.54) is 12.4 Å². The van der Waals surface area contributed by atoms with Crippen LogP contribution < -0.4 is 16.4 Å². The maximum Gasteiger partial charge on any atom is 0.159 e. The maximum atomic E-state index is 13.8. The minimum atomic E-state index is -0.393. The SMILES string of the molecule is Cc1ccc(Nc2ncnc(Nc3ccccc3F)c2N)cc1Cl. The first-order valence-corrected chi connectivity index (χ1v) is 7.57. The molecule has 0 spiro atoms. The summed E-state index contributed by atoms with van der Waals surface area (Å²) in [5.41, 5.74) is 8.37. The molecule has 0 aliphatic heterocycles. The summed E-state index contributed by atoms with van der Waals surface area (Å²) in [4.78, 5) is 8.19. The van der Waals surface area contributed by atoms with Gasteiger partial charge in [0, 0.05) is 10.7 Å². The summed E-state index contributed by atoms with van der Waals surface area (Å²) in [5.74, 6) is 0.329. The van der Waals surface area contributed by atoms with Gasteiger partial charge in [0.2, 0.25) is 0 Å². The number of hydrogen-bond acceptors (Lipinski definition) is 5. The zero-order valence-corrected chi connectivity index (χ0v) is 13.6. The topological polar surface area (TPSA) is 75.9 Å². The number of aromatic nitrogens is 2. The van der Waals surface area contributed by atoms with Crippen molar-refractivity contribution >= 4 is 40.3 Å². The number of anilines is 5. The third kappa shape index (κ3) is 3.38. The van der Waals surface area contributed by atoms with Crippen molar-refractivity contribution in [2.45, 2.75) is 6.92 Å². The van der Waals surface area contributed by atoms with Crippen molar-refractivity contribution in [3.05, 3.63) is 65.2 Å². The molecule has 24 heavy (non-hydrogen) atoms. The molecule has 0 aliphatic rings. The zero-order chi connectivity index (χ0) is 17.1. The number of nitrogens with zero attached hydrogens (tertiary/aromatic N) is 2. The normalized spacial score (nSPS) is 10.5. The van der Waals surface area contributed by atoms with Crippen LogP contribution in [0.2, 0.25) is 5.02 Å². The van der Waals surface area contributed by atoms with E-state index in [2.05, 4.69) is 20.6 Å². The number of rotatable bonds is 4. The highest BCUT2D eigenvalue weighted by atomic mass is 35.5. The lowest BCUT2D eigenvalue weighted by Crippen LogP contribution is -2.06. The van der Waals surface area contributed by atoms with E-state index in [4.69, 9.17) is 17.3 Å². The van der Waals surface area contributed by atoms with Crippen molar-refractivity contribution in [2.24, 2.45) is 0 Å². The molecule has 0 saturated carbocycles. The first-order chi connectivity index (χ1) is 11.5. The van der Waals surface area contributed by atoms with Crippen LogP contribution in [0.1, 0.15) is 5.56 Å². The largest absolute Gasteiger partial charge is 0.393 e. The molecule has 3 rings (SSSR count). The molecule has 0 saturated heterocycles. The molecule has 0 amide bonds. The van der Waals surface area contributed by atoms with Gasteiger partial charge in [-0.25, -0.2) is 14.4 Å². The quantitative estimate of drug-likeness (QED) is 0.643. The van der Waals surface area contributed by atoms with Crippen LogP contribution in [-0.4, -0.2) is 9.97 Å². The maximum absolute atomic E-state index is 13.8. The van der Waals surface area contributed by atoms with E-state index in [0.29, 0.717) is 16.7 Å². The number of nitrogens with two attached hydrogens (primary N) is 1. The molecule has 0 fully saturated rings. The Kier molecular flexibility index (Phi) is 4.48. The molecule has 1 heterocycles. The highest BCUT2D eigenvalue weighted by Gasteiger charge is 2.11. The van der Waals surface area contributed by atoms with Crippen LogP contribution in [0.4, 0.5) is 33.1 Å². The van der Waals surface area contributed by atoms with Crippen LogP contribution in [0, 0.1) is 12.7 Å². The second-order valence-corrected chi connectivity index (χ2v) is 5.59. The summed E-state index contributed by atoms with van der Waals surface area (Å²) in [6, 6.07) is 11.8. The highest BCUT2D eigenvalue weighted by Crippen LogP contribution is 2.30. The Labute approximate surface area is 143 Å². The minimum Gasteiger partial charge on any atom is -0.393 e. The van der Waals surface area contributed by atoms with Gasteiger partial charge in [-0.3, -0.25) is 0 Å². The Morgan fingerprint density at radius 1 is 1.04 bits per heavy atom. The average Bonchev–Trinajstić information content (AvgIpc) is 2.57. The van der Waals surface area contributed by atoms with E-state index in [9.17, 15) is 4.39 Å². The van der Waals surface area contributed by atoms with Gasteiger partial charge in [0.1, 0.15) is 17.8 Å². The molecule has 3 aromatic rings. The van der Waals surface area contributed by atoms with Crippen molar-refractivity contribution in [1.82, 2.24) is 9.97 Å². The highest BCUT2D eigenvalue weighted by molar-refractivity contribution is 6.31. The van der Waals surface area contributed by atoms with Crippen molar-refractivity contribution in [3.63, 3.8) is 0 Å². The van der Waals surface area contributed by atoms with Crippen molar-refractivity contribution < 1.29 is 4.39 Å². The molecule has 122 valence electrons. The third-order valence-corrected chi connectivity index (χ3v) is 3.85. The second kappa shape index (κ2) is 6.72. The molecule has 0 bridgehead atoms. The zero-order valence-electron chi connectivity index (χ0n) is 12.8. The lowest BCUT2D eigenvalue weighted by molar-refractivity contribution is 0.632. The summed E-state index contributed by atoms with van der Waals surface area (Å²) in [7, 11) is 0. The molecule has 7 heteroatoms. The fourth-order valence-electron chi connectivity index (χ4n) is 2.09. The van der Waals surface area contributed by atoms with Gasteiger partial charge >= 0.3 is 0 Å². The van der Waals surface area contributed by atoms with Crippen LogP contribution in [0.15, 0.2) is 48.8 Å². The first-order valence-electron chi connectivity index (χ1n) is 7.20. The Morgan fingerprint density at radius 2 is 1.75 bits per heavy atom. The van der Waals surface area contributed by atoms with Gasteiger partial charge in [-0.1, -0.05) is 29.8 Å². The number of benzene rings is 2. The van der Waals surface area contributed by atoms with Crippen LogP contribution in [0.3, 0.4) is 0 Å². The Morgan fingerprint density at radius 3 is 2.46 bits per heavy atom. The van der Waals surface area contributed by atoms with Crippen molar-refractivity contribution in [1.29, 1.82) is 0 Å². The predicted molar refractivity (Wildman–Crippen MR) is 95.6 cm³/mol. The monoisotopic (exact) mass is 343 g/mol. The Balaban J connectivity index is 1.88. The molecule has 5 nitrogen and oxygen atoms in total. The summed E-state index contributed by atoms with van der Waals surface area (Å²) in [5, 5.41) is 6.59. The Bertz CT molecular complexity index is 885. The van der Waals surface area contributed by atoms with E-state index in [1.807, 2.05) is 19.1 Å². The van der Waals surface area contributed by atoms with Crippen LogP contribution in [0.25, 0.3) is 0 Å². The van der Waals surface area contributed by atoms with Gasteiger partial charge in [-0.2, -0.15) is 0 Å². The van der Waals surface area contributed by atoms with E-state index in [1.54, 1.807) is 24.3 Å². The number of nitrogen functional groups attached to an aromatic ring is 1. The minimum absolute atomic E-state index is 0.275. The van der Waals surface area contributed by atoms with Gasteiger partial charge in [-0.05, 0) is 36.8 Å². The van der Waals surface area contributed by atoms with Crippen molar-refractivity contribution in [2.75, 3.05) is 16.4 Å². The lowest BCUT2D eigenvalue weighted by atomic mass is 10.2. The number of aryl methyl sites for hydroxylation is 1. The van der Waals surface area contributed by atoms with Crippen molar-refractivity contribution in [3.8, 4) is 0 Å². The number of nitrogens with one attached hydrogen (secondary N) is 2. The molecule has 0 unspecified atom stereocenters. The van der Waals surface area contributed by atoms with Gasteiger partial charge in [0.05, 0.1) is 5.69 Å². The lowest BCUT2D eigenvalue weighted by Gasteiger charge is -2.13. The summed E-state index contributed by atoms with van der Waals surface area (Å²) < 4.78 is 13.8. The van der Waals surface area contributed by atoms with Gasteiger partial charge in [0.25, 0.3) is 0 Å². The molecule has 0 radical (unpaired) electrons. The number of hydrogen-bond donors (Lipinski definition) is 3. The predicted octanol–water partition coefficient (Wildman–Crippen LogP) is 4.65. The summed E-state index contributed by atoms with van der Waals surface area (Å²) >= 11 is 6.12. The van der Waals surface area contributed by atoms with Crippen LogP contribution in [0.5, 0.6) is 0 Å².